The number of hydrogen-bond donors (Lipinski definition) is 1. The molecular weight excluding hydrogens is 312 g/mol. The number of benzene rings is 2. The highest BCUT2D eigenvalue weighted by Crippen LogP contribution is 2.31. The van der Waals surface area contributed by atoms with E-state index in [4.69, 9.17) is 4.74 Å². The lowest BCUT2D eigenvalue weighted by molar-refractivity contribution is 0.133. The fourth-order valence-corrected chi connectivity index (χ4v) is 3.05. The molecule has 4 nitrogen and oxygen atoms in total. The third kappa shape index (κ3) is 4.20. The third-order valence-electron chi connectivity index (χ3n) is 4.16. The van der Waals surface area contributed by atoms with Gasteiger partial charge in [-0.3, -0.25) is 4.68 Å². The van der Waals surface area contributed by atoms with Gasteiger partial charge < -0.3 is 9.84 Å². The Kier molecular flexibility index (Phi) is 4.82. The van der Waals surface area contributed by atoms with Crippen LogP contribution in [0.25, 0.3) is 10.8 Å². The minimum atomic E-state index is -0.237. The second kappa shape index (κ2) is 6.89. The Balaban J connectivity index is 1.89. The molecule has 0 saturated heterocycles. The van der Waals surface area contributed by atoms with Crippen LogP contribution in [0.4, 0.5) is 0 Å². The summed E-state index contributed by atoms with van der Waals surface area (Å²) in [6.45, 7) is 6.19. The van der Waals surface area contributed by atoms with Crippen molar-refractivity contribution < 1.29 is 9.84 Å². The first-order valence-electron chi connectivity index (χ1n) is 8.69. The van der Waals surface area contributed by atoms with Crippen molar-refractivity contribution in [1.29, 1.82) is 0 Å². The van der Waals surface area contributed by atoms with Gasteiger partial charge in [-0.2, -0.15) is 5.10 Å². The first-order valence-corrected chi connectivity index (χ1v) is 8.69. The van der Waals surface area contributed by atoms with Gasteiger partial charge in [-0.15, -0.1) is 0 Å². The molecule has 0 saturated carbocycles. The highest BCUT2D eigenvalue weighted by Gasteiger charge is 2.15. The van der Waals surface area contributed by atoms with Crippen LogP contribution in [-0.4, -0.2) is 20.5 Å². The molecule has 25 heavy (non-hydrogen) atoms. The fourth-order valence-electron chi connectivity index (χ4n) is 3.05. The monoisotopic (exact) mass is 338 g/mol. The Morgan fingerprint density at radius 2 is 1.84 bits per heavy atom. The van der Waals surface area contributed by atoms with E-state index in [2.05, 4.69) is 56.2 Å². The number of aryl methyl sites for hydroxylation is 3. The maximum Gasteiger partial charge on any atom is 0.128 e. The zero-order chi connectivity index (χ0) is 18.0. The SMILES string of the molecule is Cn1nc(CO)cc1CCc1cc(OC(C)(C)C)c2ccccc2c1. The molecule has 0 amide bonds. The molecular formula is C21H26N2O2. The smallest absolute Gasteiger partial charge is 0.128 e. The first kappa shape index (κ1) is 17.5. The highest BCUT2D eigenvalue weighted by atomic mass is 16.5. The summed E-state index contributed by atoms with van der Waals surface area (Å²) in [5, 5.41) is 15.9. The van der Waals surface area contributed by atoms with E-state index in [0.717, 1.165) is 29.7 Å². The lowest BCUT2D eigenvalue weighted by atomic mass is 10.0. The van der Waals surface area contributed by atoms with Crippen LogP contribution in [0.1, 0.15) is 37.7 Å². The van der Waals surface area contributed by atoms with Crippen LogP contribution in [0.15, 0.2) is 42.5 Å². The average Bonchev–Trinajstić information content (AvgIpc) is 2.92. The second-order valence-electron chi connectivity index (χ2n) is 7.44. The van der Waals surface area contributed by atoms with Crippen LogP contribution in [0.5, 0.6) is 5.75 Å². The van der Waals surface area contributed by atoms with E-state index in [1.54, 1.807) is 0 Å². The molecule has 0 spiro atoms. The van der Waals surface area contributed by atoms with Crippen LogP contribution < -0.4 is 4.74 Å². The number of aliphatic hydroxyl groups excluding tert-OH is 1. The van der Waals surface area contributed by atoms with Gasteiger partial charge in [0.1, 0.15) is 11.4 Å². The van der Waals surface area contributed by atoms with Crippen molar-refractivity contribution in [2.75, 3.05) is 0 Å². The molecule has 1 aromatic heterocycles. The third-order valence-corrected chi connectivity index (χ3v) is 4.16. The molecule has 0 aliphatic carbocycles. The summed E-state index contributed by atoms with van der Waals surface area (Å²) >= 11 is 0. The molecule has 132 valence electrons. The number of fused-ring (bicyclic) bond motifs is 1. The van der Waals surface area contributed by atoms with Crippen LogP contribution in [0.2, 0.25) is 0 Å². The normalized spacial score (nSPS) is 11.9. The number of aliphatic hydroxyl groups is 1. The fraction of sp³-hybridized carbons (Fsp3) is 0.381. The van der Waals surface area contributed by atoms with Gasteiger partial charge >= 0.3 is 0 Å². The van der Waals surface area contributed by atoms with E-state index in [-0.39, 0.29) is 12.2 Å². The minimum absolute atomic E-state index is 0.0205. The van der Waals surface area contributed by atoms with E-state index in [9.17, 15) is 5.11 Å². The van der Waals surface area contributed by atoms with Gasteiger partial charge in [0.2, 0.25) is 0 Å². The molecule has 3 aromatic rings. The topological polar surface area (TPSA) is 47.3 Å². The minimum Gasteiger partial charge on any atom is -0.488 e. The number of rotatable bonds is 5. The Morgan fingerprint density at radius 1 is 1.08 bits per heavy atom. The number of ether oxygens (including phenoxy) is 1. The van der Waals surface area contributed by atoms with Crippen molar-refractivity contribution in [3.63, 3.8) is 0 Å². The van der Waals surface area contributed by atoms with Crippen molar-refractivity contribution in [3.8, 4) is 5.75 Å². The zero-order valence-electron chi connectivity index (χ0n) is 15.4. The first-order chi connectivity index (χ1) is 11.9. The quantitative estimate of drug-likeness (QED) is 0.764. The number of hydrogen-bond acceptors (Lipinski definition) is 3. The van der Waals surface area contributed by atoms with Gasteiger partial charge in [0.25, 0.3) is 0 Å². The van der Waals surface area contributed by atoms with E-state index in [1.165, 1.54) is 10.9 Å². The maximum absolute atomic E-state index is 9.23. The largest absolute Gasteiger partial charge is 0.488 e. The summed E-state index contributed by atoms with van der Waals surface area (Å²) in [6, 6.07) is 14.7. The molecule has 0 aliphatic rings. The second-order valence-corrected chi connectivity index (χ2v) is 7.44. The molecule has 0 fully saturated rings. The summed E-state index contributed by atoms with van der Waals surface area (Å²) in [6.07, 6.45) is 1.77. The van der Waals surface area contributed by atoms with E-state index in [1.807, 2.05) is 23.9 Å². The lowest BCUT2D eigenvalue weighted by Crippen LogP contribution is -2.23. The lowest BCUT2D eigenvalue weighted by Gasteiger charge is -2.23. The summed E-state index contributed by atoms with van der Waals surface area (Å²) in [5.41, 5.74) is 2.84. The van der Waals surface area contributed by atoms with Crippen LogP contribution in [0.3, 0.4) is 0 Å². The van der Waals surface area contributed by atoms with Crippen molar-refractivity contribution in [2.24, 2.45) is 7.05 Å². The van der Waals surface area contributed by atoms with Gasteiger partial charge in [-0.25, -0.2) is 0 Å². The molecule has 4 heteroatoms. The van der Waals surface area contributed by atoms with Gasteiger partial charge in [0, 0.05) is 18.1 Å². The molecule has 3 rings (SSSR count). The Bertz CT molecular complexity index is 875. The standard InChI is InChI=1S/C21H26N2O2/c1-21(2,3)25-20-12-15(11-16-7-5-6-8-19(16)20)9-10-18-13-17(14-24)22-23(18)4/h5-8,11-13,24H,9-10,14H2,1-4H3. The van der Waals surface area contributed by atoms with Gasteiger partial charge in [0.15, 0.2) is 0 Å². The Hall–Kier alpha value is -2.33. The van der Waals surface area contributed by atoms with E-state index < -0.39 is 0 Å². The summed E-state index contributed by atoms with van der Waals surface area (Å²) in [7, 11) is 1.92. The van der Waals surface area contributed by atoms with E-state index in [0.29, 0.717) is 5.69 Å². The van der Waals surface area contributed by atoms with Crippen LogP contribution >= 0.6 is 0 Å². The van der Waals surface area contributed by atoms with Crippen LogP contribution in [0, 0.1) is 0 Å². The maximum atomic E-state index is 9.23. The molecule has 0 aliphatic heterocycles. The number of nitrogens with zero attached hydrogens (tertiary/aromatic N) is 2. The number of aromatic nitrogens is 2. The average molecular weight is 338 g/mol. The molecule has 0 atom stereocenters. The van der Waals surface area contributed by atoms with E-state index >= 15 is 0 Å². The van der Waals surface area contributed by atoms with Gasteiger partial charge in [-0.1, -0.05) is 30.3 Å². The Morgan fingerprint density at radius 3 is 2.52 bits per heavy atom. The summed E-state index contributed by atoms with van der Waals surface area (Å²) in [4.78, 5) is 0. The molecule has 0 bridgehead atoms. The summed E-state index contributed by atoms with van der Waals surface area (Å²) < 4.78 is 8.05. The predicted molar refractivity (Wildman–Crippen MR) is 101 cm³/mol. The van der Waals surface area contributed by atoms with Crippen molar-refractivity contribution >= 4 is 10.8 Å². The highest BCUT2D eigenvalue weighted by molar-refractivity contribution is 5.89. The Labute approximate surface area is 149 Å². The van der Waals surface area contributed by atoms with Crippen LogP contribution in [-0.2, 0) is 26.5 Å². The van der Waals surface area contributed by atoms with Crippen molar-refractivity contribution in [2.45, 2.75) is 45.8 Å². The van der Waals surface area contributed by atoms with Gasteiger partial charge in [0.05, 0.1) is 12.3 Å². The predicted octanol–water partition coefficient (Wildman–Crippen LogP) is 4.03. The molecule has 1 heterocycles. The molecule has 1 N–H and O–H groups in total. The molecule has 2 aromatic carbocycles. The van der Waals surface area contributed by atoms with Crippen molar-refractivity contribution in [1.82, 2.24) is 9.78 Å². The zero-order valence-corrected chi connectivity index (χ0v) is 15.4. The summed E-state index contributed by atoms with van der Waals surface area (Å²) in [5.74, 6) is 0.932. The molecule has 0 radical (unpaired) electrons. The van der Waals surface area contributed by atoms with Crippen molar-refractivity contribution in [3.05, 3.63) is 59.4 Å². The molecule has 0 unspecified atom stereocenters. The van der Waals surface area contributed by atoms with Gasteiger partial charge in [-0.05, 0) is 56.7 Å².